The summed E-state index contributed by atoms with van der Waals surface area (Å²) < 4.78 is 0. The highest BCUT2D eigenvalue weighted by Gasteiger charge is 2.47. The van der Waals surface area contributed by atoms with Gasteiger partial charge in [0.2, 0.25) is 0 Å². The van der Waals surface area contributed by atoms with E-state index in [9.17, 15) is 0 Å². The summed E-state index contributed by atoms with van der Waals surface area (Å²) in [5.74, 6) is 3.09. The molecule has 0 aromatic carbocycles. The van der Waals surface area contributed by atoms with Crippen molar-refractivity contribution in [3.05, 3.63) is 0 Å². The van der Waals surface area contributed by atoms with E-state index in [0.29, 0.717) is 0 Å². The molecule has 0 N–H and O–H groups in total. The van der Waals surface area contributed by atoms with Gasteiger partial charge >= 0.3 is 0 Å². The monoisotopic (exact) mass is 152 g/mol. The molecule has 0 amide bonds. The molecule has 64 valence electrons. The first kappa shape index (κ1) is 7.64. The van der Waals surface area contributed by atoms with Crippen LogP contribution < -0.4 is 0 Å². The van der Waals surface area contributed by atoms with Crippen molar-refractivity contribution < 1.29 is 0 Å². The molecule has 1 unspecified atom stereocenters. The first-order valence-electron chi connectivity index (χ1n) is 5.09. The minimum atomic E-state index is 0.776. The Morgan fingerprint density at radius 1 is 1.18 bits per heavy atom. The van der Waals surface area contributed by atoms with Crippen LogP contribution >= 0.6 is 0 Å². The molecule has 3 rings (SSSR count). The average molecular weight is 152 g/mol. The molecule has 0 heteroatoms. The second kappa shape index (κ2) is 2.24. The van der Waals surface area contributed by atoms with Crippen molar-refractivity contribution in [2.45, 2.75) is 46.5 Å². The van der Waals surface area contributed by atoms with Crippen molar-refractivity contribution in [2.24, 2.45) is 23.2 Å². The molecular formula is C11H20. The van der Waals surface area contributed by atoms with Crippen LogP contribution in [0.25, 0.3) is 0 Å². The molecule has 2 bridgehead atoms. The third kappa shape index (κ3) is 1.21. The maximum absolute atomic E-state index is 2.48. The van der Waals surface area contributed by atoms with Crippen LogP contribution in [0.5, 0.6) is 0 Å². The molecule has 11 heavy (non-hydrogen) atoms. The maximum Gasteiger partial charge on any atom is -0.0318 e. The van der Waals surface area contributed by atoms with Gasteiger partial charge in [0.15, 0.2) is 0 Å². The molecule has 3 aliphatic rings. The number of rotatable bonds is 1. The summed E-state index contributed by atoms with van der Waals surface area (Å²) >= 11 is 0. The highest BCUT2D eigenvalue weighted by Crippen LogP contribution is 2.58. The molecule has 0 aromatic rings. The van der Waals surface area contributed by atoms with Gasteiger partial charge in [0, 0.05) is 0 Å². The molecule has 3 saturated carbocycles. The summed E-state index contributed by atoms with van der Waals surface area (Å²) in [6.07, 6.45) is 6.13. The van der Waals surface area contributed by atoms with Crippen molar-refractivity contribution in [1.82, 2.24) is 0 Å². The summed E-state index contributed by atoms with van der Waals surface area (Å²) in [4.78, 5) is 0. The minimum absolute atomic E-state index is 0.776. The summed E-state index contributed by atoms with van der Waals surface area (Å²) in [6, 6.07) is 0. The zero-order chi connectivity index (χ0) is 8.06. The Kier molecular flexibility index (Phi) is 1.56. The molecule has 1 atom stereocenters. The average Bonchev–Trinajstić information content (AvgIpc) is 1.84. The Balaban J connectivity index is 1.99. The van der Waals surface area contributed by atoms with Gasteiger partial charge in [0.05, 0.1) is 0 Å². The van der Waals surface area contributed by atoms with Crippen molar-refractivity contribution in [3.63, 3.8) is 0 Å². The highest BCUT2D eigenvalue weighted by atomic mass is 14.5. The van der Waals surface area contributed by atoms with Crippen molar-refractivity contribution in [2.75, 3.05) is 0 Å². The van der Waals surface area contributed by atoms with Crippen molar-refractivity contribution in [3.8, 4) is 0 Å². The van der Waals surface area contributed by atoms with Crippen LogP contribution in [0, 0.1) is 23.2 Å². The van der Waals surface area contributed by atoms with Crippen LogP contribution in [-0.2, 0) is 0 Å². The summed E-state index contributed by atoms with van der Waals surface area (Å²) in [6.45, 7) is 7.26. The Morgan fingerprint density at radius 3 is 2.18 bits per heavy atom. The van der Waals surface area contributed by atoms with Gasteiger partial charge in [-0.25, -0.2) is 0 Å². The van der Waals surface area contributed by atoms with Gasteiger partial charge in [-0.05, 0) is 48.9 Å². The van der Waals surface area contributed by atoms with E-state index in [4.69, 9.17) is 0 Å². The fraction of sp³-hybridized carbons (Fsp3) is 1.00. The van der Waals surface area contributed by atoms with E-state index in [1.807, 2.05) is 0 Å². The van der Waals surface area contributed by atoms with E-state index >= 15 is 0 Å². The second-order valence-corrected chi connectivity index (χ2v) is 5.53. The van der Waals surface area contributed by atoms with Crippen LogP contribution in [0.3, 0.4) is 0 Å². The molecule has 0 nitrogen and oxygen atoms in total. The van der Waals surface area contributed by atoms with Crippen LogP contribution in [0.4, 0.5) is 0 Å². The molecule has 3 fully saturated rings. The zero-order valence-corrected chi connectivity index (χ0v) is 8.06. The summed E-state index contributed by atoms with van der Waals surface area (Å²) in [5.41, 5.74) is 0.776. The fourth-order valence-electron chi connectivity index (χ4n) is 3.32. The van der Waals surface area contributed by atoms with Crippen LogP contribution in [0.1, 0.15) is 46.5 Å². The van der Waals surface area contributed by atoms with Gasteiger partial charge in [-0.2, -0.15) is 0 Å². The fourth-order valence-corrected chi connectivity index (χ4v) is 3.32. The van der Waals surface area contributed by atoms with E-state index < -0.39 is 0 Å². The third-order valence-electron chi connectivity index (χ3n) is 3.90. The Bertz CT molecular complexity index is 151. The molecule has 0 aliphatic heterocycles. The molecule has 0 saturated heterocycles. The lowest BCUT2D eigenvalue weighted by Crippen LogP contribution is -2.43. The molecular weight excluding hydrogens is 132 g/mol. The second-order valence-electron chi connectivity index (χ2n) is 5.53. The van der Waals surface area contributed by atoms with E-state index in [-0.39, 0.29) is 0 Å². The molecule has 0 aromatic heterocycles. The predicted octanol–water partition coefficient (Wildman–Crippen LogP) is 3.47. The summed E-state index contributed by atoms with van der Waals surface area (Å²) in [5, 5.41) is 0. The van der Waals surface area contributed by atoms with Gasteiger partial charge in [0.25, 0.3) is 0 Å². The topological polar surface area (TPSA) is 0 Å². The van der Waals surface area contributed by atoms with E-state index in [1.165, 1.54) is 25.7 Å². The quantitative estimate of drug-likeness (QED) is 0.539. The molecule has 0 heterocycles. The maximum atomic E-state index is 2.48. The third-order valence-corrected chi connectivity index (χ3v) is 3.90. The Morgan fingerprint density at radius 2 is 1.82 bits per heavy atom. The van der Waals surface area contributed by atoms with Gasteiger partial charge < -0.3 is 0 Å². The van der Waals surface area contributed by atoms with Gasteiger partial charge in [-0.3, -0.25) is 0 Å². The van der Waals surface area contributed by atoms with Crippen LogP contribution in [0.2, 0.25) is 0 Å². The van der Waals surface area contributed by atoms with Crippen LogP contribution in [0.15, 0.2) is 0 Å². The lowest BCUT2D eigenvalue weighted by atomic mass is 9.51. The van der Waals surface area contributed by atoms with Gasteiger partial charge in [0.1, 0.15) is 0 Å². The highest BCUT2D eigenvalue weighted by molar-refractivity contribution is 4.98. The first-order valence-corrected chi connectivity index (χ1v) is 5.09. The van der Waals surface area contributed by atoms with Gasteiger partial charge in [-0.15, -0.1) is 0 Å². The smallest absolute Gasteiger partial charge is 0.0318 e. The summed E-state index contributed by atoms with van der Waals surface area (Å²) in [7, 11) is 0. The lowest BCUT2D eigenvalue weighted by molar-refractivity contribution is -0.0357. The largest absolute Gasteiger partial charge is 0.0625 e. The number of hydrogen-bond acceptors (Lipinski definition) is 0. The minimum Gasteiger partial charge on any atom is -0.0625 e. The molecule has 0 spiro atoms. The zero-order valence-electron chi connectivity index (χ0n) is 8.06. The lowest BCUT2D eigenvalue weighted by Gasteiger charge is -2.54. The first-order chi connectivity index (χ1) is 5.09. The predicted molar refractivity (Wildman–Crippen MR) is 48.4 cm³/mol. The SMILES string of the molecule is CC(C)C1CC2CC(C)(C2)C1. The van der Waals surface area contributed by atoms with E-state index in [0.717, 1.165) is 23.2 Å². The van der Waals surface area contributed by atoms with Crippen molar-refractivity contribution in [1.29, 1.82) is 0 Å². The van der Waals surface area contributed by atoms with Gasteiger partial charge in [-0.1, -0.05) is 20.8 Å². The van der Waals surface area contributed by atoms with Crippen LogP contribution in [-0.4, -0.2) is 0 Å². The standard InChI is InChI=1S/C11H20/c1-8(2)10-4-9-5-11(3,6-9)7-10/h8-10H,4-7H2,1-3H3. The molecule has 3 aliphatic carbocycles. The Labute approximate surface area is 70.4 Å². The normalized spacial score (nSPS) is 49.1. The molecule has 0 radical (unpaired) electrons. The Hall–Kier alpha value is 0. The number of hydrogen-bond donors (Lipinski definition) is 0. The van der Waals surface area contributed by atoms with Crippen molar-refractivity contribution >= 4 is 0 Å². The van der Waals surface area contributed by atoms with E-state index in [1.54, 1.807) is 0 Å². The number of fused-ring (bicyclic) bond motifs is 2. The van der Waals surface area contributed by atoms with E-state index in [2.05, 4.69) is 20.8 Å².